The highest BCUT2D eigenvalue weighted by atomic mass is 16.5. The summed E-state index contributed by atoms with van der Waals surface area (Å²) in [6.45, 7) is 0.607. The number of hydrogen-bond donors (Lipinski definition) is 2. The zero-order valence-electron chi connectivity index (χ0n) is 18.0. The van der Waals surface area contributed by atoms with Crippen molar-refractivity contribution in [3.05, 3.63) is 59.7 Å². The van der Waals surface area contributed by atoms with Gasteiger partial charge in [-0.3, -0.25) is 9.59 Å². The normalized spacial score (nSPS) is 20.7. The topological polar surface area (TPSA) is 84.7 Å². The molecule has 4 rings (SSSR count). The number of carbonyl (C=O) groups is 2. The number of para-hydroxylation sites is 1. The summed E-state index contributed by atoms with van der Waals surface area (Å²) in [5.41, 5.74) is 8.34. The molecule has 164 valence electrons. The van der Waals surface area contributed by atoms with E-state index in [1.807, 2.05) is 36.4 Å². The average Bonchev–Trinajstić information content (AvgIpc) is 3.64. The van der Waals surface area contributed by atoms with Crippen molar-refractivity contribution < 1.29 is 14.3 Å². The first-order chi connectivity index (χ1) is 15.0. The first-order valence-electron chi connectivity index (χ1n) is 11.1. The molecule has 0 saturated heterocycles. The molecular formula is C25H31N3O3. The van der Waals surface area contributed by atoms with Gasteiger partial charge in [-0.1, -0.05) is 24.3 Å². The third-order valence-electron chi connectivity index (χ3n) is 6.31. The van der Waals surface area contributed by atoms with E-state index in [2.05, 4.69) is 10.2 Å². The fraction of sp³-hybridized carbons (Fsp3) is 0.440. The van der Waals surface area contributed by atoms with E-state index in [4.69, 9.17) is 10.5 Å². The Morgan fingerprint density at radius 3 is 2.32 bits per heavy atom. The standard InChI is InChI=1S/C25H31N3O3/c1-31-23-5-3-2-4-22(23)24(29)27-20-12-6-17(7-13-20)16-28(25(30)18-8-9-18)21-14-10-19(26)11-15-21/h2-7,12-13,18-19,21H,8-11,14-16,26H2,1H3,(H,27,29). The Bertz CT molecular complexity index is 916. The number of anilines is 1. The third kappa shape index (κ3) is 5.25. The molecule has 2 aromatic rings. The van der Waals surface area contributed by atoms with Crippen LogP contribution in [0.1, 0.15) is 54.4 Å². The molecule has 3 N–H and O–H groups in total. The number of nitrogens with zero attached hydrogens (tertiary/aromatic N) is 1. The van der Waals surface area contributed by atoms with Crippen molar-refractivity contribution in [2.45, 2.75) is 57.2 Å². The monoisotopic (exact) mass is 421 g/mol. The molecule has 2 aliphatic rings. The van der Waals surface area contributed by atoms with E-state index in [-0.39, 0.29) is 29.8 Å². The van der Waals surface area contributed by atoms with E-state index in [0.29, 0.717) is 23.5 Å². The van der Waals surface area contributed by atoms with Crippen molar-refractivity contribution >= 4 is 17.5 Å². The first kappa shape index (κ1) is 21.4. The molecule has 2 saturated carbocycles. The lowest BCUT2D eigenvalue weighted by Crippen LogP contribution is -2.44. The Kier molecular flexibility index (Phi) is 6.56. The molecule has 0 atom stereocenters. The van der Waals surface area contributed by atoms with Crippen LogP contribution < -0.4 is 15.8 Å². The van der Waals surface area contributed by atoms with Gasteiger partial charge >= 0.3 is 0 Å². The van der Waals surface area contributed by atoms with Crippen molar-refractivity contribution in [1.82, 2.24) is 4.90 Å². The summed E-state index contributed by atoms with van der Waals surface area (Å²) in [6.07, 6.45) is 5.93. The summed E-state index contributed by atoms with van der Waals surface area (Å²) < 4.78 is 5.27. The molecule has 0 unspecified atom stereocenters. The average molecular weight is 422 g/mol. The molecule has 0 aromatic heterocycles. The van der Waals surface area contributed by atoms with Crippen LogP contribution in [0.25, 0.3) is 0 Å². The predicted octanol–water partition coefficient (Wildman–Crippen LogP) is 3.96. The predicted molar refractivity (Wildman–Crippen MR) is 121 cm³/mol. The van der Waals surface area contributed by atoms with Gasteiger partial charge in [0.1, 0.15) is 5.75 Å². The molecule has 0 aliphatic heterocycles. The minimum atomic E-state index is -0.214. The van der Waals surface area contributed by atoms with Crippen molar-refractivity contribution in [2.24, 2.45) is 11.7 Å². The summed E-state index contributed by atoms with van der Waals surface area (Å²) in [6, 6.07) is 15.4. The molecule has 0 spiro atoms. The van der Waals surface area contributed by atoms with Crippen LogP contribution in [0, 0.1) is 5.92 Å². The van der Waals surface area contributed by atoms with Gasteiger partial charge in [0.05, 0.1) is 12.7 Å². The van der Waals surface area contributed by atoms with Crippen molar-refractivity contribution in [2.75, 3.05) is 12.4 Å². The van der Waals surface area contributed by atoms with E-state index in [1.54, 1.807) is 19.2 Å². The third-order valence-corrected chi connectivity index (χ3v) is 6.31. The molecule has 2 amide bonds. The van der Waals surface area contributed by atoms with Crippen LogP contribution >= 0.6 is 0 Å². The van der Waals surface area contributed by atoms with Crippen molar-refractivity contribution in [3.63, 3.8) is 0 Å². The van der Waals surface area contributed by atoms with Gasteiger partial charge in [0, 0.05) is 30.2 Å². The van der Waals surface area contributed by atoms with Gasteiger partial charge in [-0.25, -0.2) is 0 Å². The first-order valence-corrected chi connectivity index (χ1v) is 11.1. The molecule has 2 fully saturated rings. The fourth-order valence-corrected chi connectivity index (χ4v) is 4.29. The van der Waals surface area contributed by atoms with Crippen LogP contribution in [0.15, 0.2) is 48.5 Å². The Labute approximate surface area is 183 Å². The van der Waals surface area contributed by atoms with E-state index in [0.717, 1.165) is 44.1 Å². The zero-order chi connectivity index (χ0) is 21.8. The Hall–Kier alpha value is -2.86. The second-order valence-electron chi connectivity index (χ2n) is 8.66. The van der Waals surface area contributed by atoms with Crippen LogP contribution in [0.3, 0.4) is 0 Å². The second kappa shape index (κ2) is 9.52. The fourth-order valence-electron chi connectivity index (χ4n) is 4.29. The van der Waals surface area contributed by atoms with Crippen LogP contribution in [0.4, 0.5) is 5.69 Å². The molecule has 0 radical (unpaired) electrons. The molecule has 2 aliphatic carbocycles. The molecule has 6 nitrogen and oxygen atoms in total. The van der Waals surface area contributed by atoms with Gasteiger partial charge in [-0.2, -0.15) is 0 Å². The molecule has 31 heavy (non-hydrogen) atoms. The molecular weight excluding hydrogens is 390 g/mol. The number of nitrogens with two attached hydrogens (primary N) is 1. The van der Waals surface area contributed by atoms with Crippen LogP contribution in [0.5, 0.6) is 5.75 Å². The minimum absolute atomic E-state index is 0.204. The molecule has 6 heteroatoms. The molecule has 0 bridgehead atoms. The molecule has 0 heterocycles. The highest BCUT2D eigenvalue weighted by Crippen LogP contribution is 2.34. The van der Waals surface area contributed by atoms with Crippen molar-refractivity contribution in [1.29, 1.82) is 0 Å². The van der Waals surface area contributed by atoms with Crippen LogP contribution in [-0.2, 0) is 11.3 Å². The summed E-state index contributed by atoms with van der Waals surface area (Å²) >= 11 is 0. The van der Waals surface area contributed by atoms with E-state index in [9.17, 15) is 9.59 Å². The van der Waals surface area contributed by atoms with Gasteiger partial charge < -0.3 is 20.7 Å². The summed E-state index contributed by atoms with van der Waals surface area (Å²) in [5.74, 6) is 0.816. The van der Waals surface area contributed by atoms with E-state index in [1.165, 1.54) is 0 Å². The van der Waals surface area contributed by atoms with Crippen LogP contribution in [-0.4, -0.2) is 35.9 Å². The SMILES string of the molecule is COc1ccccc1C(=O)Nc1ccc(CN(C(=O)C2CC2)C2CCC(N)CC2)cc1. The Balaban J connectivity index is 1.42. The molecule has 2 aromatic carbocycles. The Morgan fingerprint density at radius 1 is 1.00 bits per heavy atom. The zero-order valence-corrected chi connectivity index (χ0v) is 18.0. The minimum Gasteiger partial charge on any atom is -0.496 e. The maximum atomic E-state index is 12.9. The number of nitrogens with one attached hydrogen (secondary N) is 1. The number of methoxy groups -OCH3 is 1. The van der Waals surface area contributed by atoms with Gasteiger partial charge in [0.15, 0.2) is 0 Å². The number of hydrogen-bond acceptors (Lipinski definition) is 4. The maximum absolute atomic E-state index is 12.9. The Morgan fingerprint density at radius 2 is 1.68 bits per heavy atom. The summed E-state index contributed by atoms with van der Waals surface area (Å²) in [5, 5.41) is 2.92. The smallest absolute Gasteiger partial charge is 0.259 e. The van der Waals surface area contributed by atoms with Gasteiger partial charge in [-0.15, -0.1) is 0 Å². The van der Waals surface area contributed by atoms with Gasteiger partial charge in [0.2, 0.25) is 5.91 Å². The lowest BCUT2D eigenvalue weighted by Gasteiger charge is -2.36. The second-order valence-corrected chi connectivity index (χ2v) is 8.66. The highest BCUT2D eigenvalue weighted by molar-refractivity contribution is 6.06. The quantitative estimate of drug-likeness (QED) is 0.709. The van der Waals surface area contributed by atoms with Gasteiger partial charge in [-0.05, 0) is 68.4 Å². The number of rotatable bonds is 7. The lowest BCUT2D eigenvalue weighted by molar-refractivity contribution is -0.136. The van der Waals surface area contributed by atoms with E-state index < -0.39 is 0 Å². The van der Waals surface area contributed by atoms with E-state index >= 15 is 0 Å². The number of amides is 2. The van der Waals surface area contributed by atoms with Crippen LogP contribution in [0.2, 0.25) is 0 Å². The highest BCUT2D eigenvalue weighted by Gasteiger charge is 2.37. The number of benzene rings is 2. The van der Waals surface area contributed by atoms with Crippen molar-refractivity contribution in [3.8, 4) is 5.75 Å². The number of carbonyl (C=O) groups excluding carboxylic acids is 2. The summed E-state index contributed by atoms with van der Waals surface area (Å²) in [4.78, 5) is 27.6. The summed E-state index contributed by atoms with van der Waals surface area (Å²) in [7, 11) is 1.55. The number of ether oxygens (including phenoxy) is 1. The largest absolute Gasteiger partial charge is 0.496 e. The maximum Gasteiger partial charge on any atom is 0.259 e. The lowest BCUT2D eigenvalue weighted by atomic mass is 9.90. The van der Waals surface area contributed by atoms with Gasteiger partial charge in [0.25, 0.3) is 5.91 Å².